The standard InChI is InChI=1S/C15H22N2O4.C2H6/c1-2-3-9-21-15(19)16-14(11-17(20)12-18)10-13-7-5-4-6-8-13;1-2/h4-8,12,14,20H,2-3,9-11H2,1H3,(H,16,19);1-2H3. The maximum atomic E-state index is 11.7. The molecule has 2 N–H and O–H groups in total. The first kappa shape index (κ1) is 20.9. The third kappa shape index (κ3) is 10.3. The number of hydroxylamine groups is 2. The Morgan fingerprint density at radius 1 is 1.35 bits per heavy atom. The fraction of sp³-hybridized carbons (Fsp3) is 0.529. The summed E-state index contributed by atoms with van der Waals surface area (Å²) in [6.07, 6.45) is 2.01. The quantitative estimate of drug-likeness (QED) is 0.317. The van der Waals surface area contributed by atoms with Crippen LogP contribution in [0.15, 0.2) is 30.3 Å². The lowest BCUT2D eigenvalue weighted by Gasteiger charge is -2.21. The van der Waals surface area contributed by atoms with Gasteiger partial charge >= 0.3 is 6.09 Å². The van der Waals surface area contributed by atoms with E-state index in [0.29, 0.717) is 24.5 Å². The molecule has 130 valence electrons. The van der Waals surface area contributed by atoms with Crippen molar-refractivity contribution < 1.29 is 19.5 Å². The highest BCUT2D eigenvalue weighted by Gasteiger charge is 2.16. The number of nitrogens with one attached hydrogen (secondary N) is 1. The van der Waals surface area contributed by atoms with Gasteiger partial charge in [0.15, 0.2) is 0 Å². The van der Waals surface area contributed by atoms with Crippen LogP contribution in [0.5, 0.6) is 0 Å². The molecule has 0 aliphatic rings. The average Bonchev–Trinajstić information content (AvgIpc) is 2.57. The Morgan fingerprint density at radius 3 is 2.57 bits per heavy atom. The second-order valence-electron chi connectivity index (χ2n) is 4.75. The van der Waals surface area contributed by atoms with E-state index in [1.807, 2.05) is 51.1 Å². The number of ether oxygens (including phenoxy) is 1. The summed E-state index contributed by atoms with van der Waals surface area (Å²) in [7, 11) is 0. The molecular weight excluding hydrogens is 296 g/mol. The zero-order valence-corrected chi connectivity index (χ0v) is 14.2. The lowest BCUT2D eigenvalue weighted by molar-refractivity contribution is -0.150. The van der Waals surface area contributed by atoms with Crippen LogP contribution in [0.25, 0.3) is 0 Å². The molecule has 0 fully saturated rings. The molecule has 1 aromatic carbocycles. The Hall–Kier alpha value is -2.08. The normalized spacial score (nSPS) is 10.8. The minimum Gasteiger partial charge on any atom is -0.450 e. The van der Waals surface area contributed by atoms with E-state index in [-0.39, 0.29) is 6.54 Å². The van der Waals surface area contributed by atoms with Gasteiger partial charge in [-0.25, -0.2) is 9.86 Å². The fourth-order valence-electron chi connectivity index (χ4n) is 1.85. The molecule has 0 spiro atoms. The Kier molecular flexibility index (Phi) is 12.3. The van der Waals surface area contributed by atoms with E-state index in [1.165, 1.54) is 0 Å². The Bertz CT molecular complexity index is 426. The molecule has 6 heteroatoms. The summed E-state index contributed by atoms with van der Waals surface area (Å²) in [6, 6.07) is 9.09. The molecular formula is C17H28N2O4. The number of carbonyl (C=O) groups excluding carboxylic acids is 2. The van der Waals surface area contributed by atoms with E-state index >= 15 is 0 Å². The summed E-state index contributed by atoms with van der Waals surface area (Å²) in [5.74, 6) is 0. The number of carbonyl (C=O) groups is 2. The number of benzene rings is 1. The average molecular weight is 324 g/mol. The van der Waals surface area contributed by atoms with Crippen molar-refractivity contribution in [1.29, 1.82) is 0 Å². The highest BCUT2D eigenvalue weighted by atomic mass is 16.5. The zero-order chi connectivity index (χ0) is 17.5. The fourth-order valence-corrected chi connectivity index (χ4v) is 1.85. The third-order valence-electron chi connectivity index (χ3n) is 2.91. The summed E-state index contributed by atoms with van der Waals surface area (Å²) < 4.78 is 5.03. The molecule has 2 amide bonds. The molecule has 0 aliphatic carbocycles. The van der Waals surface area contributed by atoms with E-state index in [0.717, 1.165) is 18.4 Å². The minimum absolute atomic E-state index is 0.00126. The maximum absolute atomic E-state index is 11.7. The van der Waals surface area contributed by atoms with Crippen molar-refractivity contribution in [2.45, 2.75) is 46.1 Å². The first-order valence-electron chi connectivity index (χ1n) is 8.03. The van der Waals surface area contributed by atoms with Crippen LogP contribution in [0, 0.1) is 0 Å². The van der Waals surface area contributed by atoms with Crippen LogP contribution < -0.4 is 5.32 Å². The second-order valence-corrected chi connectivity index (χ2v) is 4.75. The van der Waals surface area contributed by atoms with Crippen molar-refractivity contribution in [1.82, 2.24) is 10.4 Å². The Balaban J connectivity index is 0.00000232. The molecule has 23 heavy (non-hydrogen) atoms. The second kappa shape index (κ2) is 13.6. The predicted octanol–water partition coefficient (Wildman–Crippen LogP) is 3.00. The van der Waals surface area contributed by atoms with Gasteiger partial charge in [0.2, 0.25) is 6.41 Å². The van der Waals surface area contributed by atoms with E-state index in [2.05, 4.69) is 5.32 Å². The number of nitrogens with zero attached hydrogens (tertiary/aromatic N) is 1. The van der Waals surface area contributed by atoms with E-state index < -0.39 is 12.1 Å². The topological polar surface area (TPSA) is 78.9 Å². The molecule has 1 rings (SSSR count). The summed E-state index contributed by atoms with van der Waals surface area (Å²) in [5, 5.41) is 12.5. The van der Waals surface area contributed by atoms with Gasteiger partial charge in [-0.3, -0.25) is 10.0 Å². The maximum Gasteiger partial charge on any atom is 0.407 e. The van der Waals surface area contributed by atoms with Gasteiger partial charge in [0.05, 0.1) is 19.2 Å². The van der Waals surface area contributed by atoms with Crippen LogP contribution >= 0.6 is 0 Å². The molecule has 1 atom stereocenters. The van der Waals surface area contributed by atoms with E-state index in [1.54, 1.807) is 0 Å². The van der Waals surface area contributed by atoms with E-state index in [9.17, 15) is 14.8 Å². The van der Waals surface area contributed by atoms with Gasteiger partial charge in [-0.2, -0.15) is 0 Å². The zero-order valence-electron chi connectivity index (χ0n) is 14.2. The van der Waals surface area contributed by atoms with Crippen molar-refractivity contribution in [2.75, 3.05) is 13.2 Å². The summed E-state index contributed by atoms with van der Waals surface area (Å²) in [4.78, 5) is 22.2. The minimum atomic E-state index is -0.538. The van der Waals surface area contributed by atoms with Crippen LogP contribution in [-0.4, -0.2) is 42.0 Å². The Morgan fingerprint density at radius 2 is 2.00 bits per heavy atom. The first-order valence-corrected chi connectivity index (χ1v) is 8.03. The van der Waals surface area contributed by atoms with Crippen molar-refractivity contribution >= 4 is 12.5 Å². The van der Waals surface area contributed by atoms with Crippen molar-refractivity contribution in [3.05, 3.63) is 35.9 Å². The molecule has 0 aromatic heterocycles. The monoisotopic (exact) mass is 324 g/mol. The lowest BCUT2D eigenvalue weighted by atomic mass is 10.1. The molecule has 0 aliphatic heterocycles. The number of hydrogen-bond acceptors (Lipinski definition) is 4. The summed E-state index contributed by atoms with van der Waals surface area (Å²) in [6.45, 7) is 6.37. The van der Waals surface area contributed by atoms with Gasteiger partial charge in [0.25, 0.3) is 0 Å². The number of alkyl carbamates (subject to hydrolysis) is 1. The predicted molar refractivity (Wildman–Crippen MR) is 89.2 cm³/mol. The Labute approximate surface area is 138 Å². The van der Waals surface area contributed by atoms with Gasteiger partial charge in [-0.1, -0.05) is 57.5 Å². The molecule has 0 radical (unpaired) electrons. The number of rotatable bonds is 9. The smallest absolute Gasteiger partial charge is 0.407 e. The van der Waals surface area contributed by atoms with Gasteiger partial charge < -0.3 is 10.1 Å². The molecule has 6 nitrogen and oxygen atoms in total. The molecule has 0 bridgehead atoms. The van der Waals surface area contributed by atoms with Crippen LogP contribution in [0.1, 0.15) is 39.2 Å². The first-order chi connectivity index (χ1) is 11.2. The van der Waals surface area contributed by atoms with Gasteiger partial charge in [0, 0.05) is 0 Å². The van der Waals surface area contributed by atoms with Crippen LogP contribution in [0.3, 0.4) is 0 Å². The van der Waals surface area contributed by atoms with Crippen molar-refractivity contribution in [3.63, 3.8) is 0 Å². The van der Waals surface area contributed by atoms with Gasteiger partial charge in [-0.05, 0) is 18.4 Å². The molecule has 0 heterocycles. The SMILES string of the molecule is CC.CCCCOC(=O)NC(Cc1ccccc1)CN(O)C=O. The molecule has 0 saturated heterocycles. The summed E-state index contributed by atoms with van der Waals surface area (Å²) in [5.41, 5.74) is 0.996. The van der Waals surface area contributed by atoms with Crippen LogP contribution in [-0.2, 0) is 16.0 Å². The van der Waals surface area contributed by atoms with Crippen molar-refractivity contribution in [3.8, 4) is 0 Å². The van der Waals surface area contributed by atoms with Gasteiger partial charge in [0.1, 0.15) is 0 Å². The van der Waals surface area contributed by atoms with Gasteiger partial charge in [-0.15, -0.1) is 0 Å². The summed E-state index contributed by atoms with van der Waals surface area (Å²) >= 11 is 0. The third-order valence-corrected chi connectivity index (χ3v) is 2.91. The van der Waals surface area contributed by atoms with E-state index in [4.69, 9.17) is 4.74 Å². The highest BCUT2D eigenvalue weighted by Crippen LogP contribution is 2.04. The van der Waals surface area contributed by atoms with Crippen LogP contribution in [0.2, 0.25) is 0 Å². The number of hydrogen-bond donors (Lipinski definition) is 2. The number of unbranched alkanes of at least 4 members (excludes halogenated alkanes) is 1. The molecule has 0 saturated carbocycles. The largest absolute Gasteiger partial charge is 0.450 e. The number of amides is 2. The molecule has 1 aromatic rings. The molecule has 1 unspecified atom stereocenters. The highest BCUT2D eigenvalue weighted by molar-refractivity contribution is 5.67. The van der Waals surface area contributed by atoms with Crippen molar-refractivity contribution in [2.24, 2.45) is 0 Å². The van der Waals surface area contributed by atoms with Crippen LogP contribution in [0.4, 0.5) is 4.79 Å². The lowest BCUT2D eigenvalue weighted by Crippen LogP contribution is -2.44.